The summed E-state index contributed by atoms with van der Waals surface area (Å²) in [5.74, 6) is -1.65. The van der Waals surface area contributed by atoms with Crippen LogP contribution >= 0.6 is 0 Å². The van der Waals surface area contributed by atoms with Crippen molar-refractivity contribution in [3.63, 3.8) is 0 Å². The van der Waals surface area contributed by atoms with E-state index in [2.05, 4.69) is 0 Å². The monoisotopic (exact) mass is 238 g/mol. The van der Waals surface area contributed by atoms with Crippen LogP contribution in [0.3, 0.4) is 0 Å². The molecule has 0 aliphatic heterocycles. The molecule has 0 aliphatic carbocycles. The summed E-state index contributed by atoms with van der Waals surface area (Å²) in [6.07, 6.45) is -0.00317. The van der Waals surface area contributed by atoms with E-state index in [4.69, 9.17) is 5.11 Å². The SMILES string of the molecule is CC(C)(CC(=O)O)CC(=O)c1cccc(F)c1. The summed E-state index contributed by atoms with van der Waals surface area (Å²) >= 11 is 0. The lowest BCUT2D eigenvalue weighted by atomic mass is 9.82. The van der Waals surface area contributed by atoms with Crippen molar-refractivity contribution in [2.75, 3.05) is 0 Å². The number of benzene rings is 1. The predicted molar refractivity (Wildman–Crippen MR) is 61.4 cm³/mol. The van der Waals surface area contributed by atoms with Crippen molar-refractivity contribution in [2.45, 2.75) is 26.7 Å². The minimum absolute atomic E-state index is 0.0861. The number of hydrogen-bond donors (Lipinski definition) is 1. The van der Waals surface area contributed by atoms with Crippen molar-refractivity contribution in [1.82, 2.24) is 0 Å². The maximum atomic E-state index is 12.9. The molecule has 1 aromatic rings. The first-order valence-corrected chi connectivity index (χ1v) is 5.31. The number of carboxylic acids is 1. The number of Topliss-reactive ketones (excluding diaryl/α,β-unsaturated/α-hetero) is 1. The van der Waals surface area contributed by atoms with Gasteiger partial charge in [-0.3, -0.25) is 9.59 Å². The minimum atomic E-state index is -0.943. The molecule has 0 radical (unpaired) electrons. The minimum Gasteiger partial charge on any atom is -0.481 e. The summed E-state index contributed by atoms with van der Waals surface area (Å²) < 4.78 is 12.9. The van der Waals surface area contributed by atoms with Crippen LogP contribution in [0.5, 0.6) is 0 Å². The zero-order valence-electron chi connectivity index (χ0n) is 9.87. The van der Waals surface area contributed by atoms with E-state index in [1.54, 1.807) is 13.8 Å². The Morgan fingerprint density at radius 1 is 1.29 bits per heavy atom. The van der Waals surface area contributed by atoms with Gasteiger partial charge in [0, 0.05) is 12.0 Å². The van der Waals surface area contributed by atoms with Crippen molar-refractivity contribution in [3.05, 3.63) is 35.6 Å². The molecule has 0 fully saturated rings. The second kappa shape index (κ2) is 5.08. The zero-order chi connectivity index (χ0) is 13.1. The second-order valence-electron chi connectivity index (χ2n) is 4.85. The normalized spacial score (nSPS) is 11.2. The Kier molecular flexibility index (Phi) is 3.99. The van der Waals surface area contributed by atoms with Gasteiger partial charge < -0.3 is 5.11 Å². The van der Waals surface area contributed by atoms with E-state index in [1.165, 1.54) is 24.3 Å². The molecule has 0 amide bonds. The summed E-state index contributed by atoms with van der Waals surface area (Å²) in [5.41, 5.74) is -0.349. The van der Waals surface area contributed by atoms with E-state index in [0.717, 1.165) is 0 Å². The van der Waals surface area contributed by atoms with Crippen molar-refractivity contribution in [1.29, 1.82) is 0 Å². The fourth-order valence-corrected chi connectivity index (χ4v) is 1.67. The van der Waals surface area contributed by atoms with Gasteiger partial charge >= 0.3 is 5.97 Å². The third-order valence-corrected chi connectivity index (χ3v) is 2.42. The van der Waals surface area contributed by atoms with Gasteiger partial charge in [-0.15, -0.1) is 0 Å². The van der Waals surface area contributed by atoms with E-state index in [0.29, 0.717) is 0 Å². The Bertz CT molecular complexity index is 438. The number of aliphatic carboxylic acids is 1. The largest absolute Gasteiger partial charge is 0.481 e. The molecule has 0 aliphatic rings. The van der Waals surface area contributed by atoms with Crippen LogP contribution in [0.4, 0.5) is 4.39 Å². The molecule has 4 heteroatoms. The van der Waals surface area contributed by atoms with Gasteiger partial charge in [0.05, 0.1) is 6.42 Å². The molecule has 17 heavy (non-hydrogen) atoms. The van der Waals surface area contributed by atoms with Crippen LogP contribution in [0.15, 0.2) is 24.3 Å². The van der Waals surface area contributed by atoms with Gasteiger partial charge in [-0.2, -0.15) is 0 Å². The van der Waals surface area contributed by atoms with Gasteiger partial charge in [-0.1, -0.05) is 26.0 Å². The molecule has 0 atom stereocenters. The molecule has 0 spiro atoms. The number of ketones is 1. The molecule has 1 aromatic carbocycles. The fraction of sp³-hybridized carbons (Fsp3) is 0.385. The Labute approximate surface area is 99.3 Å². The molecule has 1 N–H and O–H groups in total. The highest BCUT2D eigenvalue weighted by atomic mass is 19.1. The standard InChI is InChI=1S/C13H15FO3/c1-13(2,8-12(16)17)7-11(15)9-4-3-5-10(14)6-9/h3-6H,7-8H2,1-2H3,(H,16,17). The van der Waals surface area contributed by atoms with Crippen LogP contribution in [0.2, 0.25) is 0 Å². The number of halogens is 1. The number of rotatable bonds is 5. The number of hydrogen-bond acceptors (Lipinski definition) is 2. The van der Waals surface area contributed by atoms with Crippen molar-refractivity contribution in [2.24, 2.45) is 5.41 Å². The molecule has 3 nitrogen and oxygen atoms in total. The highest BCUT2D eigenvalue weighted by Gasteiger charge is 2.25. The first kappa shape index (κ1) is 13.4. The molecule has 1 rings (SSSR count). The van der Waals surface area contributed by atoms with Crippen molar-refractivity contribution >= 4 is 11.8 Å². The van der Waals surface area contributed by atoms with Gasteiger partial charge in [0.25, 0.3) is 0 Å². The van der Waals surface area contributed by atoms with Crippen LogP contribution in [0.25, 0.3) is 0 Å². The predicted octanol–water partition coefficient (Wildman–Crippen LogP) is 2.90. The van der Waals surface area contributed by atoms with Gasteiger partial charge in [-0.25, -0.2) is 4.39 Å². The lowest BCUT2D eigenvalue weighted by Crippen LogP contribution is -2.21. The summed E-state index contributed by atoms with van der Waals surface area (Å²) in [5, 5.41) is 8.71. The first-order chi connectivity index (χ1) is 7.80. The molecule has 0 saturated heterocycles. The first-order valence-electron chi connectivity index (χ1n) is 5.31. The highest BCUT2D eigenvalue weighted by Crippen LogP contribution is 2.27. The summed E-state index contributed by atoms with van der Waals surface area (Å²) in [4.78, 5) is 22.5. The van der Waals surface area contributed by atoms with E-state index in [1.807, 2.05) is 0 Å². The third-order valence-electron chi connectivity index (χ3n) is 2.42. The zero-order valence-corrected chi connectivity index (χ0v) is 9.87. The Morgan fingerprint density at radius 3 is 2.47 bits per heavy atom. The molecular weight excluding hydrogens is 223 g/mol. The third kappa shape index (κ3) is 4.34. The van der Waals surface area contributed by atoms with E-state index < -0.39 is 17.2 Å². The fourth-order valence-electron chi connectivity index (χ4n) is 1.67. The summed E-state index contributed by atoms with van der Waals surface area (Å²) in [6.45, 7) is 3.41. The Morgan fingerprint density at radius 2 is 1.94 bits per heavy atom. The van der Waals surface area contributed by atoms with Gasteiger partial charge in [0.15, 0.2) is 5.78 Å². The number of carbonyl (C=O) groups excluding carboxylic acids is 1. The lowest BCUT2D eigenvalue weighted by molar-refractivity contribution is -0.139. The lowest BCUT2D eigenvalue weighted by Gasteiger charge is -2.21. The molecule has 0 saturated carbocycles. The van der Waals surface area contributed by atoms with Crippen molar-refractivity contribution in [3.8, 4) is 0 Å². The van der Waals surface area contributed by atoms with E-state index in [9.17, 15) is 14.0 Å². The van der Waals surface area contributed by atoms with Crippen LogP contribution in [0.1, 0.15) is 37.0 Å². The quantitative estimate of drug-likeness (QED) is 0.802. The van der Waals surface area contributed by atoms with Gasteiger partial charge in [0.2, 0.25) is 0 Å². The summed E-state index contributed by atoms with van der Waals surface area (Å²) in [6, 6.07) is 5.42. The summed E-state index contributed by atoms with van der Waals surface area (Å²) in [7, 11) is 0. The van der Waals surface area contributed by atoms with Crippen LogP contribution < -0.4 is 0 Å². The van der Waals surface area contributed by atoms with Crippen LogP contribution in [0, 0.1) is 11.2 Å². The van der Waals surface area contributed by atoms with E-state index >= 15 is 0 Å². The van der Waals surface area contributed by atoms with Gasteiger partial charge in [0.1, 0.15) is 5.82 Å². The smallest absolute Gasteiger partial charge is 0.303 e. The molecular formula is C13H15FO3. The van der Waals surface area contributed by atoms with Crippen LogP contribution in [-0.4, -0.2) is 16.9 Å². The van der Waals surface area contributed by atoms with Crippen LogP contribution in [-0.2, 0) is 4.79 Å². The maximum absolute atomic E-state index is 12.9. The molecule has 0 aromatic heterocycles. The molecule has 0 unspecified atom stereocenters. The van der Waals surface area contributed by atoms with Crippen molar-refractivity contribution < 1.29 is 19.1 Å². The number of carbonyl (C=O) groups is 2. The highest BCUT2D eigenvalue weighted by molar-refractivity contribution is 5.96. The second-order valence-corrected chi connectivity index (χ2v) is 4.85. The average molecular weight is 238 g/mol. The average Bonchev–Trinajstić information content (AvgIpc) is 2.14. The topological polar surface area (TPSA) is 54.4 Å². The molecule has 0 bridgehead atoms. The Hall–Kier alpha value is -1.71. The maximum Gasteiger partial charge on any atom is 0.303 e. The Balaban J connectivity index is 2.75. The van der Waals surface area contributed by atoms with E-state index in [-0.39, 0.29) is 24.2 Å². The molecule has 0 heterocycles. The number of carboxylic acid groups (broad SMARTS) is 1. The van der Waals surface area contributed by atoms with Gasteiger partial charge in [-0.05, 0) is 17.5 Å². The molecule has 92 valence electrons.